The van der Waals surface area contributed by atoms with E-state index in [1.807, 2.05) is 18.2 Å². The van der Waals surface area contributed by atoms with E-state index in [-0.39, 0.29) is 18.7 Å². The maximum atomic E-state index is 9.42. The molecule has 3 nitrogen and oxygen atoms in total. The van der Waals surface area contributed by atoms with Crippen molar-refractivity contribution in [1.82, 2.24) is 5.32 Å². The molecule has 3 heteroatoms. The van der Waals surface area contributed by atoms with Gasteiger partial charge in [0.25, 0.3) is 0 Å². The van der Waals surface area contributed by atoms with Crippen LogP contribution in [0.15, 0.2) is 24.3 Å². The van der Waals surface area contributed by atoms with Crippen LogP contribution in [0.25, 0.3) is 0 Å². The van der Waals surface area contributed by atoms with Crippen LogP contribution in [-0.4, -0.2) is 24.9 Å². The molecule has 1 rings (SSSR count). The fraction of sp³-hybridized carbons (Fsp3) is 0.600. The number of rotatable bonds is 7. The van der Waals surface area contributed by atoms with Crippen molar-refractivity contribution in [1.29, 1.82) is 0 Å². The van der Waals surface area contributed by atoms with E-state index < -0.39 is 0 Å². The Kier molecular flexibility index (Phi) is 6.16. The van der Waals surface area contributed by atoms with Crippen LogP contribution >= 0.6 is 0 Å². The Morgan fingerprint density at radius 3 is 2.44 bits per heavy atom. The molecular weight excluding hydrogens is 226 g/mol. The topological polar surface area (TPSA) is 41.5 Å². The lowest BCUT2D eigenvalue weighted by Gasteiger charge is -2.27. The van der Waals surface area contributed by atoms with E-state index in [4.69, 9.17) is 4.74 Å². The summed E-state index contributed by atoms with van der Waals surface area (Å²) >= 11 is 0. The van der Waals surface area contributed by atoms with Crippen LogP contribution in [0.2, 0.25) is 0 Å². The highest BCUT2D eigenvalue weighted by atomic mass is 16.5. The minimum Gasteiger partial charge on any atom is -0.496 e. The molecule has 0 aromatic heterocycles. The van der Waals surface area contributed by atoms with Crippen LogP contribution in [0.5, 0.6) is 5.75 Å². The number of hydrogen-bond donors (Lipinski definition) is 2. The maximum absolute atomic E-state index is 9.42. The highest BCUT2D eigenvalue weighted by Crippen LogP contribution is 2.27. The zero-order chi connectivity index (χ0) is 13.5. The molecule has 0 aliphatic heterocycles. The number of aliphatic hydroxyl groups is 1. The van der Waals surface area contributed by atoms with E-state index in [0.717, 1.165) is 17.7 Å². The summed E-state index contributed by atoms with van der Waals surface area (Å²) in [5.41, 5.74) is 1.15. The summed E-state index contributed by atoms with van der Waals surface area (Å²) in [5, 5.41) is 12.9. The van der Waals surface area contributed by atoms with E-state index >= 15 is 0 Å². The van der Waals surface area contributed by atoms with Crippen LogP contribution in [0.3, 0.4) is 0 Å². The molecule has 0 saturated carbocycles. The Bertz CT molecular complexity index is 352. The van der Waals surface area contributed by atoms with Gasteiger partial charge in [0, 0.05) is 17.6 Å². The number of benzene rings is 1. The standard InChI is InChI=1S/C15H25NO2/c1-5-13(16-14(10-17)11(2)3)12-8-6-7-9-15(12)18-4/h6-9,11,13-14,16-17H,5,10H2,1-4H3/t13?,14-/m1/s1. The number of nitrogens with one attached hydrogen (secondary N) is 1. The van der Waals surface area contributed by atoms with E-state index in [1.54, 1.807) is 7.11 Å². The number of methoxy groups -OCH3 is 1. The van der Waals surface area contributed by atoms with Crippen LogP contribution in [-0.2, 0) is 0 Å². The Labute approximate surface area is 110 Å². The average molecular weight is 251 g/mol. The molecule has 0 fully saturated rings. The number of ether oxygens (including phenoxy) is 1. The SMILES string of the molecule is CCC(N[C@H](CO)C(C)C)c1ccccc1OC. The first-order valence-corrected chi connectivity index (χ1v) is 6.63. The maximum Gasteiger partial charge on any atom is 0.123 e. The van der Waals surface area contributed by atoms with Crippen molar-refractivity contribution in [2.75, 3.05) is 13.7 Å². The lowest BCUT2D eigenvalue weighted by Crippen LogP contribution is -2.39. The molecule has 1 unspecified atom stereocenters. The smallest absolute Gasteiger partial charge is 0.123 e. The summed E-state index contributed by atoms with van der Waals surface area (Å²) in [7, 11) is 1.69. The summed E-state index contributed by atoms with van der Waals surface area (Å²) in [6.07, 6.45) is 0.962. The first-order chi connectivity index (χ1) is 8.63. The third kappa shape index (κ3) is 3.72. The van der Waals surface area contributed by atoms with Gasteiger partial charge in [-0.3, -0.25) is 0 Å². The molecule has 0 radical (unpaired) electrons. The van der Waals surface area contributed by atoms with Gasteiger partial charge >= 0.3 is 0 Å². The summed E-state index contributed by atoms with van der Waals surface area (Å²) in [4.78, 5) is 0. The van der Waals surface area contributed by atoms with Crippen molar-refractivity contribution in [2.45, 2.75) is 39.3 Å². The zero-order valence-corrected chi connectivity index (χ0v) is 11.8. The van der Waals surface area contributed by atoms with Crippen molar-refractivity contribution in [2.24, 2.45) is 5.92 Å². The fourth-order valence-electron chi connectivity index (χ4n) is 2.10. The van der Waals surface area contributed by atoms with Crippen LogP contribution in [0, 0.1) is 5.92 Å². The van der Waals surface area contributed by atoms with Crippen molar-refractivity contribution < 1.29 is 9.84 Å². The summed E-state index contributed by atoms with van der Waals surface area (Å²) in [5.74, 6) is 1.30. The fourth-order valence-corrected chi connectivity index (χ4v) is 2.10. The molecule has 1 aromatic rings. The zero-order valence-electron chi connectivity index (χ0n) is 11.8. The molecule has 18 heavy (non-hydrogen) atoms. The predicted molar refractivity (Wildman–Crippen MR) is 74.9 cm³/mol. The quantitative estimate of drug-likeness (QED) is 0.783. The Hall–Kier alpha value is -1.06. The van der Waals surface area contributed by atoms with Gasteiger partial charge in [-0.25, -0.2) is 0 Å². The van der Waals surface area contributed by atoms with Crippen molar-refractivity contribution in [3.8, 4) is 5.75 Å². The van der Waals surface area contributed by atoms with Gasteiger partial charge in [-0.05, 0) is 18.4 Å². The van der Waals surface area contributed by atoms with Gasteiger partial charge in [0.05, 0.1) is 13.7 Å². The number of hydrogen-bond acceptors (Lipinski definition) is 3. The van der Waals surface area contributed by atoms with Crippen LogP contribution in [0.4, 0.5) is 0 Å². The molecule has 2 N–H and O–H groups in total. The molecule has 0 heterocycles. The highest BCUT2D eigenvalue weighted by Gasteiger charge is 2.19. The molecule has 1 aromatic carbocycles. The van der Waals surface area contributed by atoms with Crippen LogP contribution < -0.4 is 10.1 Å². The van der Waals surface area contributed by atoms with Gasteiger partial charge in [-0.15, -0.1) is 0 Å². The Balaban J connectivity index is 2.88. The predicted octanol–water partition coefficient (Wildman–Crippen LogP) is 2.75. The third-order valence-electron chi connectivity index (χ3n) is 3.34. The van der Waals surface area contributed by atoms with Gasteiger partial charge in [-0.1, -0.05) is 39.0 Å². The van der Waals surface area contributed by atoms with Crippen molar-refractivity contribution in [3.05, 3.63) is 29.8 Å². The summed E-state index contributed by atoms with van der Waals surface area (Å²) in [6, 6.07) is 8.37. The first-order valence-electron chi connectivity index (χ1n) is 6.63. The highest BCUT2D eigenvalue weighted by molar-refractivity contribution is 5.35. The monoisotopic (exact) mass is 251 g/mol. The van der Waals surface area contributed by atoms with Gasteiger partial charge in [-0.2, -0.15) is 0 Å². The van der Waals surface area contributed by atoms with Gasteiger partial charge in [0.2, 0.25) is 0 Å². The molecule has 0 bridgehead atoms. The van der Waals surface area contributed by atoms with Crippen LogP contribution in [0.1, 0.15) is 38.8 Å². The van der Waals surface area contributed by atoms with Gasteiger partial charge in [0.15, 0.2) is 0 Å². The molecule has 0 spiro atoms. The first kappa shape index (κ1) is 15.0. The minimum atomic E-state index is 0.111. The molecule has 0 aliphatic rings. The number of para-hydroxylation sites is 1. The largest absolute Gasteiger partial charge is 0.496 e. The lowest BCUT2D eigenvalue weighted by molar-refractivity contribution is 0.197. The van der Waals surface area contributed by atoms with Gasteiger partial charge < -0.3 is 15.2 Å². The molecule has 2 atom stereocenters. The molecular formula is C15H25NO2. The van der Waals surface area contributed by atoms with E-state index in [2.05, 4.69) is 32.2 Å². The Morgan fingerprint density at radius 1 is 1.28 bits per heavy atom. The van der Waals surface area contributed by atoms with E-state index in [9.17, 15) is 5.11 Å². The molecule has 0 saturated heterocycles. The molecule has 102 valence electrons. The van der Waals surface area contributed by atoms with Crippen molar-refractivity contribution >= 4 is 0 Å². The minimum absolute atomic E-state index is 0.111. The second-order valence-corrected chi connectivity index (χ2v) is 4.90. The lowest BCUT2D eigenvalue weighted by atomic mass is 9.99. The second kappa shape index (κ2) is 7.39. The average Bonchev–Trinajstić information content (AvgIpc) is 2.40. The third-order valence-corrected chi connectivity index (χ3v) is 3.34. The molecule has 0 amide bonds. The van der Waals surface area contributed by atoms with Crippen molar-refractivity contribution in [3.63, 3.8) is 0 Å². The summed E-state index contributed by atoms with van der Waals surface area (Å²) < 4.78 is 5.40. The summed E-state index contributed by atoms with van der Waals surface area (Å²) in [6.45, 7) is 6.52. The Morgan fingerprint density at radius 2 is 1.94 bits per heavy atom. The van der Waals surface area contributed by atoms with Gasteiger partial charge in [0.1, 0.15) is 5.75 Å². The normalized spacial score (nSPS) is 14.6. The second-order valence-electron chi connectivity index (χ2n) is 4.90. The molecule has 0 aliphatic carbocycles. The van der Waals surface area contributed by atoms with E-state index in [1.165, 1.54) is 0 Å². The number of aliphatic hydroxyl groups excluding tert-OH is 1. The van der Waals surface area contributed by atoms with E-state index in [0.29, 0.717) is 5.92 Å².